The third-order valence-electron chi connectivity index (χ3n) is 3.12. The smallest absolute Gasteiger partial charge is 0.253 e. The fourth-order valence-corrected chi connectivity index (χ4v) is 2.85. The zero-order valence-corrected chi connectivity index (χ0v) is 14.3. The molecule has 0 atom stereocenters. The van der Waals surface area contributed by atoms with Crippen molar-refractivity contribution in [3.05, 3.63) is 29.6 Å². The van der Waals surface area contributed by atoms with E-state index in [0.717, 1.165) is 17.0 Å². The summed E-state index contributed by atoms with van der Waals surface area (Å²) in [7, 11) is 0. The topological polar surface area (TPSA) is 63.4 Å². The van der Waals surface area contributed by atoms with Crippen LogP contribution in [-0.4, -0.2) is 49.2 Å². The number of hydrogen-bond donors (Lipinski definition) is 0. The maximum atomic E-state index is 12.2. The zero-order valence-electron chi connectivity index (χ0n) is 13.5. The second-order valence-electron chi connectivity index (χ2n) is 5.30. The third kappa shape index (κ3) is 3.85. The maximum absolute atomic E-state index is 12.2. The number of aromatic nitrogens is 4. The molecule has 0 unspecified atom stereocenters. The van der Waals surface area contributed by atoms with Crippen LogP contribution in [-0.2, 0) is 4.79 Å². The highest BCUT2D eigenvalue weighted by molar-refractivity contribution is 7.99. The van der Waals surface area contributed by atoms with E-state index in [-0.39, 0.29) is 5.91 Å². The monoisotopic (exact) mass is 319 g/mol. The summed E-state index contributed by atoms with van der Waals surface area (Å²) in [4.78, 5) is 22.7. The molecule has 0 saturated carbocycles. The first-order valence-electron chi connectivity index (χ1n) is 7.16. The van der Waals surface area contributed by atoms with Crippen molar-refractivity contribution >= 4 is 23.4 Å². The van der Waals surface area contributed by atoms with Gasteiger partial charge >= 0.3 is 0 Å². The normalized spacial score (nSPS) is 10.9. The minimum atomic E-state index is 0.0650. The van der Waals surface area contributed by atoms with Crippen LogP contribution in [0.4, 0.5) is 0 Å². The van der Waals surface area contributed by atoms with Crippen molar-refractivity contribution in [1.82, 2.24) is 24.5 Å². The van der Waals surface area contributed by atoms with Gasteiger partial charge in [0.1, 0.15) is 0 Å². The molecule has 22 heavy (non-hydrogen) atoms. The number of carbonyl (C=O) groups is 1. The van der Waals surface area contributed by atoms with Gasteiger partial charge < -0.3 is 4.90 Å². The van der Waals surface area contributed by atoms with Crippen molar-refractivity contribution in [3.63, 3.8) is 0 Å². The number of fused-ring (bicyclic) bond motifs is 1. The number of likely N-dealkylation sites (N-methyl/N-ethyl adjacent to an activating group) is 1. The number of rotatable bonds is 6. The molecule has 0 aliphatic heterocycles. The first kappa shape index (κ1) is 16.5. The van der Waals surface area contributed by atoms with E-state index in [1.165, 1.54) is 11.8 Å². The van der Waals surface area contributed by atoms with Crippen LogP contribution >= 0.6 is 11.8 Å². The molecule has 0 saturated heterocycles. The molecule has 0 aliphatic carbocycles. The van der Waals surface area contributed by atoms with Crippen LogP contribution in [0.15, 0.2) is 23.4 Å². The molecule has 2 aromatic heterocycles. The van der Waals surface area contributed by atoms with Gasteiger partial charge in [0.15, 0.2) is 0 Å². The van der Waals surface area contributed by atoms with E-state index in [2.05, 4.69) is 21.6 Å². The zero-order chi connectivity index (χ0) is 16.3. The van der Waals surface area contributed by atoms with Crippen molar-refractivity contribution in [2.24, 2.45) is 0 Å². The Morgan fingerprint density at radius 3 is 2.77 bits per heavy atom. The van der Waals surface area contributed by atoms with Crippen LogP contribution in [0.1, 0.15) is 25.2 Å². The molecule has 118 valence electrons. The lowest BCUT2D eigenvalue weighted by Crippen LogP contribution is -2.33. The SMILES string of the molecule is C=C(C)CN(CC)C(=O)CSc1nc2nc(C)cc(C)n2n1. The van der Waals surface area contributed by atoms with Gasteiger partial charge in [0, 0.05) is 24.5 Å². The number of hydrogen-bond acceptors (Lipinski definition) is 5. The lowest BCUT2D eigenvalue weighted by atomic mass is 10.3. The molecule has 0 N–H and O–H groups in total. The standard InChI is InChI=1S/C15H21N5OS/c1-6-19(8-10(2)3)13(21)9-22-15-17-14-16-11(4)7-12(5)20(14)18-15/h7H,2,6,8-9H2,1,3-5H3. The first-order valence-corrected chi connectivity index (χ1v) is 8.15. The molecule has 2 rings (SSSR count). The molecule has 0 spiro atoms. The second-order valence-corrected chi connectivity index (χ2v) is 6.24. The molecule has 1 amide bonds. The van der Waals surface area contributed by atoms with Gasteiger partial charge in [-0.2, -0.15) is 4.98 Å². The van der Waals surface area contributed by atoms with E-state index in [9.17, 15) is 4.79 Å². The lowest BCUT2D eigenvalue weighted by Gasteiger charge is -2.20. The summed E-state index contributed by atoms with van der Waals surface area (Å²) in [5.41, 5.74) is 2.86. The van der Waals surface area contributed by atoms with Gasteiger partial charge in [-0.3, -0.25) is 4.79 Å². The Bertz CT molecular complexity index is 709. The van der Waals surface area contributed by atoms with E-state index in [1.54, 1.807) is 9.42 Å². The number of amides is 1. The largest absolute Gasteiger partial charge is 0.338 e. The summed E-state index contributed by atoms with van der Waals surface area (Å²) in [5.74, 6) is 0.952. The Labute approximate surface area is 134 Å². The third-order valence-corrected chi connectivity index (χ3v) is 3.94. The Hall–Kier alpha value is -1.89. The van der Waals surface area contributed by atoms with Crippen molar-refractivity contribution in [2.75, 3.05) is 18.8 Å². The van der Waals surface area contributed by atoms with Gasteiger partial charge in [-0.1, -0.05) is 23.9 Å². The number of nitrogens with zero attached hydrogens (tertiary/aromatic N) is 5. The molecular formula is C15H21N5OS. The van der Waals surface area contributed by atoms with Gasteiger partial charge in [0.25, 0.3) is 5.78 Å². The van der Waals surface area contributed by atoms with Crippen LogP contribution < -0.4 is 0 Å². The summed E-state index contributed by atoms with van der Waals surface area (Å²) in [5, 5.41) is 4.96. The van der Waals surface area contributed by atoms with Crippen molar-refractivity contribution < 1.29 is 4.79 Å². The average Bonchev–Trinajstić information content (AvgIpc) is 2.85. The van der Waals surface area contributed by atoms with E-state index < -0.39 is 0 Å². The maximum Gasteiger partial charge on any atom is 0.253 e. The van der Waals surface area contributed by atoms with Crippen molar-refractivity contribution in [1.29, 1.82) is 0 Å². The highest BCUT2D eigenvalue weighted by Crippen LogP contribution is 2.16. The van der Waals surface area contributed by atoms with Crippen LogP contribution in [0.3, 0.4) is 0 Å². The van der Waals surface area contributed by atoms with Crippen molar-refractivity contribution in [2.45, 2.75) is 32.9 Å². The molecule has 0 aliphatic rings. The van der Waals surface area contributed by atoms with Crippen molar-refractivity contribution in [3.8, 4) is 0 Å². The summed E-state index contributed by atoms with van der Waals surface area (Å²) in [6.07, 6.45) is 0. The summed E-state index contributed by atoms with van der Waals surface area (Å²) < 4.78 is 1.70. The molecule has 7 heteroatoms. The number of carbonyl (C=O) groups excluding carboxylic acids is 1. The summed E-state index contributed by atoms with van der Waals surface area (Å²) in [6.45, 7) is 12.9. The van der Waals surface area contributed by atoms with Gasteiger partial charge in [-0.05, 0) is 33.8 Å². The van der Waals surface area contributed by atoms with E-state index in [0.29, 0.717) is 29.8 Å². The Balaban J connectivity index is 2.06. The van der Waals surface area contributed by atoms with Crippen LogP contribution in [0.25, 0.3) is 5.78 Å². The number of thioether (sulfide) groups is 1. The quantitative estimate of drug-likeness (QED) is 0.603. The Kier molecular flexibility index (Phi) is 5.18. The molecule has 6 nitrogen and oxygen atoms in total. The van der Waals surface area contributed by atoms with Crippen LogP contribution in [0, 0.1) is 13.8 Å². The average molecular weight is 319 g/mol. The first-order chi connectivity index (χ1) is 10.4. The van der Waals surface area contributed by atoms with E-state index in [4.69, 9.17) is 0 Å². The molecule has 0 radical (unpaired) electrons. The van der Waals surface area contributed by atoms with E-state index in [1.807, 2.05) is 33.8 Å². The minimum Gasteiger partial charge on any atom is -0.338 e. The van der Waals surface area contributed by atoms with Gasteiger partial charge in [-0.15, -0.1) is 5.10 Å². The Morgan fingerprint density at radius 1 is 1.41 bits per heavy atom. The molecule has 2 heterocycles. The molecule has 2 aromatic rings. The predicted octanol–water partition coefficient (Wildman–Crippen LogP) is 2.26. The fourth-order valence-electron chi connectivity index (χ4n) is 2.13. The number of aryl methyl sites for hydroxylation is 2. The minimum absolute atomic E-state index is 0.0650. The van der Waals surface area contributed by atoms with Gasteiger partial charge in [-0.25, -0.2) is 9.50 Å². The van der Waals surface area contributed by atoms with Crippen LogP contribution in [0.2, 0.25) is 0 Å². The second kappa shape index (κ2) is 6.91. The van der Waals surface area contributed by atoms with Gasteiger partial charge in [0.05, 0.1) is 5.75 Å². The Morgan fingerprint density at radius 2 is 2.14 bits per heavy atom. The van der Waals surface area contributed by atoms with Gasteiger partial charge in [0.2, 0.25) is 11.1 Å². The molecule has 0 fully saturated rings. The van der Waals surface area contributed by atoms with Crippen LogP contribution in [0.5, 0.6) is 0 Å². The molecular weight excluding hydrogens is 298 g/mol. The summed E-state index contributed by atoms with van der Waals surface area (Å²) in [6, 6.07) is 1.95. The highest BCUT2D eigenvalue weighted by Gasteiger charge is 2.14. The highest BCUT2D eigenvalue weighted by atomic mass is 32.2. The molecule has 0 aromatic carbocycles. The predicted molar refractivity (Wildman–Crippen MR) is 88.0 cm³/mol. The summed E-state index contributed by atoms with van der Waals surface area (Å²) >= 11 is 1.34. The lowest BCUT2D eigenvalue weighted by molar-refractivity contribution is -0.127. The van der Waals surface area contributed by atoms with E-state index >= 15 is 0 Å². The fraction of sp³-hybridized carbons (Fsp3) is 0.467. The molecule has 0 bridgehead atoms.